The predicted octanol–water partition coefficient (Wildman–Crippen LogP) is 3.39. The standard InChI is InChI=1S/C17H24N4/c1-16(2,3)13-11-14(21-18)20-15(19-13)17(4,5)12-9-7-6-8-10-12/h6-11H,18H2,1-5H3,(H,19,20,21). The first kappa shape index (κ1) is 15.4. The van der Waals surface area contributed by atoms with Crippen LogP contribution in [-0.4, -0.2) is 9.97 Å². The Labute approximate surface area is 126 Å². The molecule has 0 aliphatic rings. The quantitative estimate of drug-likeness (QED) is 0.670. The van der Waals surface area contributed by atoms with E-state index in [9.17, 15) is 0 Å². The lowest BCUT2D eigenvalue weighted by Gasteiger charge is -2.27. The number of aromatic nitrogens is 2. The van der Waals surface area contributed by atoms with Crippen molar-refractivity contribution >= 4 is 5.82 Å². The molecule has 0 saturated carbocycles. The Balaban J connectivity index is 2.58. The van der Waals surface area contributed by atoms with Crippen LogP contribution < -0.4 is 11.3 Å². The maximum atomic E-state index is 5.57. The third-order valence-corrected chi connectivity index (χ3v) is 3.70. The first-order valence-electron chi connectivity index (χ1n) is 7.17. The molecule has 3 N–H and O–H groups in total. The average Bonchev–Trinajstić information content (AvgIpc) is 2.46. The van der Waals surface area contributed by atoms with Gasteiger partial charge in [0.2, 0.25) is 0 Å². The molecule has 1 heterocycles. The first-order chi connectivity index (χ1) is 9.75. The Hall–Kier alpha value is -1.94. The molecule has 1 aromatic heterocycles. The fraction of sp³-hybridized carbons (Fsp3) is 0.412. The molecule has 4 heteroatoms. The number of nitrogens with zero attached hydrogens (tertiary/aromatic N) is 2. The van der Waals surface area contributed by atoms with Crippen molar-refractivity contribution in [2.75, 3.05) is 5.43 Å². The number of anilines is 1. The number of nitrogens with one attached hydrogen (secondary N) is 1. The van der Waals surface area contributed by atoms with E-state index in [2.05, 4.69) is 57.2 Å². The van der Waals surface area contributed by atoms with Gasteiger partial charge in [-0.3, -0.25) is 0 Å². The highest BCUT2D eigenvalue weighted by molar-refractivity contribution is 5.40. The van der Waals surface area contributed by atoms with Crippen molar-refractivity contribution in [2.45, 2.75) is 45.4 Å². The van der Waals surface area contributed by atoms with Crippen molar-refractivity contribution in [1.29, 1.82) is 0 Å². The molecule has 0 bridgehead atoms. The molecule has 1 aromatic carbocycles. The lowest BCUT2D eigenvalue weighted by atomic mass is 9.83. The molecule has 0 radical (unpaired) electrons. The summed E-state index contributed by atoms with van der Waals surface area (Å²) in [5.74, 6) is 6.99. The second-order valence-corrected chi connectivity index (χ2v) is 6.85. The summed E-state index contributed by atoms with van der Waals surface area (Å²) in [6.45, 7) is 10.7. The normalized spacial score (nSPS) is 12.3. The van der Waals surface area contributed by atoms with Gasteiger partial charge in [0, 0.05) is 16.9 Å². The Morgan fingerprint density at radius 2 is 1.57 bits per heavy atom. The van der Waals surface area contributed by atoms with Crippen LogP contribution in [0.1, 0.15) is 51.7 Å². The average molecular weight is 284 g/mol. The molecule has 21 heavy (non-hydrogen) atoms. The van der Waals surface area contributed by atoms with Gasteiger partial charge in [0.25, 0.3) is 0 Å². The summed E-state index contributed by atoms with van der Waals surface area (Å²) >= 11 is 0. The summed E-state index contributed by atoms with van der Waals surface area (Å²) in [5.41, 5.74) is 4.47. The molecule has 0 amide bonds. The molecule has 112 valence electrons. The van der Waals surface area contributed by atoms with Gasteiger partial charge in [0.1, 0.15) is 11.6 Å². The molecule has 4 nitrogen and oxygen atoms in total. The molecule has 0 unspecified atom stereocenters. The minimum Gasteiger partial charge on any atom is -0.308 e. The smallest absolute Gasteiger partial charge is 0.143 e. The van der Waals surface area contributed by atoms with E-state index in [1.54, 1.807) is 0 Å². The number of hydrogen-bond acceptors (Lipinski definition) is 4. The van der Waals surface area contributed by atoms with Crippen LogP contribution >= 0.6 is 0 Å². The van der Waals surface area contributed by atoms with E-state index in [-0.39, 0.29) is 10.8 Å². The van der Waals surface area contributed by atoms with Crippen LogP contribution in [0.3, 0.4) is 0 Å². The summed E-state index contributed by atoms with van der Waals surface area (Å²) in [6.07, 6.45) is 0. The highest BCUT2D eigenvalue weighted by atomic mass is 15.3. The third-order valence-electron chi connectivity index (χ3n) is 3.70. The van der Waals surface area contributed by atoms with E-state index in [0.717, 1.165) is 11.5 Å². The highest BCUT2D eigenvalue weighted by Crippen LogP contribution is 2.31. The van der Waals surface area contributed by atoms with Gasteiger partial charge < -0.3 is 5.43 Å². The number of hydrazine groups is 1. The Morgan fingerprint density at radius 1 is 0.952 bits per heavy atom. The van der Waals surface area contributed by atoms with E-state index >= 15 is 0 Å². The zero-order valence-electron chi connectivity index (χ0n) is 13.4. The van der Waals surface area contributed by atoms with E-state index in [1.165, 1.54) is 5.56 Å². The molecule has 0 aliphatic carbocycles. The SMILES string of the molecule is CC(C)(C)c1cc(NN)nc(C(C)(C)c2ccccc2)n1. The van der Waals surface area contributed by atoms with Crippen molar-refractivity contribution in [3.05, 3.63) is 53.5 Å². The Bertz CT molecular complexity index is 612. The van der Waals surface area contributed by atoms with Gasteiger partial charge in [-0.1, -0.05) is 51.1 Å². The molecule has 0 aliphatic heterocycles. The van der Waals surface area contributed by atoms with Crippen LogP contribution in [0.4, 0.5) is 5.82 Å². The zero-order chi connectivity index (χ0) is 15.7. The van der Waals surface area contributed by atoms with Crippen LogP contribution in [0.15, 0.2) is 36.4 Å². The lowest BCUT2D eigenvalue weighted by Crippen LogP contribution is -2.26. The van der Waals surface area contributed by atoms with Crippen LogP contribution in [0, 0.1) is 0 Å². The van der Waals surface area contributed by atoms with Crippen LogP contribution in [-0.2, 0) is 10.8 Å². The van der Waals surface area contributed by atoms with Gasteiger partial charge >= 0.3 is 0 Å². The topological polar surface area (TPSA) is 63.8 Å². The van der Waals surface area contributed by atoms with Crippen LogP contribution in [0.2, 0.25) is 0 Å². The minimum absolute atomic E-state index is 0.0595. The van der Waals surface area contributed by atoms with Crippen molar-refractivity contribution < 1.29 is 0 Å². The molecule has 0 saturated heterocycles. The molecular formula is C17H24N4. The molecule has 0 atom stereocenters. The summed E-state index contributed by atoms with van der Waals surface area (Å²) < 4.78 is 0. The van der Waals surface area contributed by atoms with Crippen LogP contribution in [0.25, 0.3) is 0 Å². The van der Waals surface area contributed by atoms with Crippen molar-refractivity contribution in [2.24, 2.45) is 5.84 Å². The highest BCUT2D eigenvalue weighted by Gasteiger charge is 2.29. The summed E-state index contributed by atoms with van der Waals surface area (Å²) in [4.78, 5) is 9.36. The summed E-state index contributed by atoms with van der Waals surface area (Å²) in [7, 11) is 0. The second kappa shape index (κ2) is 5.45. The largest absolute Gasteiger partial charge is 0.308 e. The van der Waals surface area contributed by atoms with E-state index in [0.29, 0.717) is 5.82 Å². The predicted molar refractivity (Wildman–Crippen MR) is 87.1 cm³/mol. The fourth-order valence-corrected chi connectivity index (χ4v) is 2.17. The van der Waals surface area contributed by atoms with E-state index < -0.39 is 0 Å². The minimum atomic E-state index is -0.284. The van der Waals surface area contributed by atoms with Crippen LogP contribution in [0.5, 0.6) is 0 Å². The number of benzene rings is 1. The second-order valence-electron chi connectivity index (χ2n) is 6.85. The van der Waals surface area contributed by atoms with Crippen molar-refractivity contribution in [3.8, 4) is 0 Å². The van der Waals surface area contributed by atoms with Gasteiger partial charge in [-0.05, 0) is 19.4 Å². The molecule has 0 fully saturated rings. The number of rotatable bonds is 3. The van der Waals surface area contributed by atoms with Crippen molar-refractivity contribution in [3.63, 3.8) is 0 Å². The zero-order valence-corrected chi connectivity index (χ0v) is 13.4. The number of nitrogen functional groups attached to an aromatic ring is 1. The Kier molecular flexibility index (Phi) is 4.01. The van der Waals surface area contributed by atoms with Crippen molar-refractivity contribution in [1.82, 2.24) is 9.97 Å². The fourth-order valence-electron chi connectivity index (χ4n) is 2.17. The Morgan fingerprint density at radius 3 is 2.10 bits per heavy atom. The maximum Gasteiger partial charge on any atom is 0.143 e. The van der Waals surface area contributed by atoms with E-state index in [1.807, 2.05) is 24.3 Å². The van der Waals surface area contributed by atoms with Gasteiger partial charge in [-0.25, -0.2) is 15.8 Å². The summed E-state index contributed by atoms with van der Waals surface area (Å²) in [5, 5.41) is 0. The van der Waals surface area contributed by atoms with Gasteiger partial charge in [-0.15, -0.1) is 0 Å². The van der Waals surface area contributed by atoms with Gasteiger partial charge in [0.15, 0.2) is 0 Å². The molecular weight excluding hydrogens is 260 g/mol. The first-order valence-corrected chi connectivity index (χ1v) is 7.17. The van der Waals surface area contributed by atoms with Gasteiger partial charge in [0.05, 0.1) is 5.69 Å². The monoisotopic (exact) mass is 284 g/mol. The molecule has 2 aromatic rings. The maximum absolute atomic E-state index is 5.57. The molecule has 2 rings (SSSR count). The summed E-state index contributed by atoms with van der Waals surface area (Å²) in [6, 6.07) is 12.2. The molecule has 0 spiro atoms. The number of nitrogens with two attached hydrogens (primary N) is 1. The number of hydrogen-bond donors (Lipinski definition) is 2. The van der Waals surface area contributed by atoms with E-state index in [4.69, 9.17) is 10.8 Å². The third kappa shape index (κ3) is 3.22. The lowest BCUT2D eigenvalue weighted by molar-refractivity contribution is 0.535. The van der Waals surface area contributed by atoms with Gasteiger partial charge in [-0.2, -0.15) is 0 Å².